The van der Waals surface area contributed by atoms with Gasteiger partial charge in [0, 0.05) is 39.3 Å². The number of hydrogen-bond acceptors (Lipinski definition) is 7. The van der Waals surface area contributed by atoms with Crippen molar-refractivity contribution in [1.29, 1.82) is 0 Å². The number of amides is 2. The Kier molecular flexibility index (Phi) is 11.9. The summed E-state index contributed by atoms with van der Waals surface area (Å²) in [5, 5.41) is 2.59. The maximum atomic E-state index is 11.5. The standard InChI is InChI=1S/C10H15N3O2.C8H13N3O2.2C2H6/c1-3-15-10(14)9-11-6-8-7-12(2)4-5-13(8)9;1-10-2-3-11-6(5-10)8(13)9-4-7(11)12;2*1-2/h6H,3-5,7H2,1-2H3;6H,2-5H2,1H3,(H,9,13);2*1-2H3. The number of hydrogen-bond donors (Lipinski definition) is 1. The maximum Gasteiger partial charge on any atom is 0.374 e. The van der Waals surface area contributed by atoms with E-state index in [1.807, 2.05) is 39.3 Å². The van der Waals surface area contributed by atoms with Crippen molar-refractivity contribution in [2.45, 2.75) is 53.8 Å². The molecule has 2 saturated heterocycles. The molecule has 182 valence electrons. The van der Waals surface area contributed by atoms with Crippen LogP contribution in [0.25, 0.3) is 0 Å². The SMILES string of the molecule is CC.CC.CCOC(=O)c1ncc2n1CCN(C)C2.CN1CCN2C(=O)CNC(=O)C2C1. The molecule has 3 aliphatic heterocycles. The van der Waals surface area contributed by atoms with Crippen molar-refractivity contribution < 1.29 is 19.1 Å². The van der Waals surface area contributed by atoms with Gasteiger partial charge in [0.15, 0.2) is 0 Å². The fraction of sp³-hybridized carbons (Fsp3) is 0.727. The van der Waals surface area contributed by atoms with Gasteiger partial charge in [-0.3, -0.25) is 14.5 Å². The van der Waals surface area contributed by atoms with Gasteiger partial charge in [-0.1, -0.05) is 27.7 Å². The normalized spacial score (nSPS) is 20.1. The van der Waals surface area contributed by atoms with E-state index in [0.717, 1.165) is 31.9 Å². The van der Waals surface area contributed by atoms with E-state index in [1.165, 1.54) is 0 Å². The van der Waals surface area contributed by atoms with Crippen LogP contribution in [0.5, 0.6) is 0 Å². The summed E-state index contributed by atoms with van der Waals surface area (Å²) in [4.78, 5) is 44.4. The van der Waals surface area contributed by atoms with Gasteiger partial charge < -0.3 is 24.4 Å². The second-order valence-corrected chi connectivity index (χ2v) is 7.27. The topological polar surface area (TPSA) is 100 Å². The first-order valence-electron chi connectivity index (χ1n) is 11.6. The minimum atomic E-state index is -0.326. The minimum absolute atomic E-state index is 0.0221. The average Bonchev–Trinajstić information content (AvgIpc) is 3.23. The third-order valence-corrected chi connectivity index (χ3v) is 5.15. The second kappa shape index (κ2) is 13.8. The summed E-state index contributed by atoms with van der Waals surface area (Å²) in [5.41, 5.74) is 1.08. The molecule has 1 aromatic heterocycles. The highest BCUT2D eigenvalue weighted by molar-refractivity contribution is 5.95. The molecular formula is C22H40N6O4. The Balaban J connectivity index is 0.000000279. The molecule has 1 atom stereocenters. The highest BCUT2D eigenvalue weighted by Gasteiger charge is 2.37. The van der Waals surface area contributed by atoms with E-state index < -0.39 is 0 Å². The number of likely N-dealkylation sites (N-methyl/N-ethyl adjacent to an activating group) is 2. The van der Waals surface area contributed by atoms with Crippen LogP contribution in [-0.4, -0.2) is 102 Å². The van der Waals surface area contributed by atoms with Crippen molar-refractivity contribution in [3.8, 4) is 0 Å². The molecule has 0 spiro atoms. The number of nitrogens with zero attached hydrogens (tertiary/aromatic N) is 5. The van der Waals surface area contributed by atoms with Gasteiger partial charge in [-0.25, -0.2) is 9.78 Å². The first-order valence-corrected chi connectivity index (χ1v) is 11.6. The van der Waals surface area contributed by atoms with E-state index in [9.17, 15) is 14.4 Å². The fourth-order valence-electron chi connectivity index (χ4n) is 3.60. The van der Waals surface area contributed by atoms with Crippen molar-refractivity contribution in [2.75, 3.05) is 53.4 Å². The zero-order valence-corrected chi connectivity index (χ0v) is 20.7. The molecule has 1 N–H and O–H groups in total. The summed E-state index contributed by atoms with van der Waals surface area (Å²) >= 11 is 0. The van der Waals surface area contributed by atoms with Crippen LogP contribution in [0.1, 0.15) is 50.9 Å². The van der Waals surface area contributed by atoms with Crippen molar-refractivity contribution in [3.05, 3.63) is 17.7 Å². The molecule has 1 aromatic rings. The Labute approximate surface area is 191 Å². The zero-order chi connectivity index (χ0) is 24.3. The zero-order valence-electron chi connectivity index (χ0n) is 20.7. The molecular weight excluding hydrogens is 412 g/mol. The maximum absolute atomic E-state index is 11.5. The van der Waals surface area contributed by atoms with Gasteiger partial charge >= 0.3 is 5.97 Å². The highest BCUT2D eigenvalue weighted by atomic mass is 16.5. The molecule has 4 heterocycles. The molecule has 1 unspecified atom stereocenters. The Morgan fingerprint density at radius 3 is 2.41 bits per heavy atom. The summed E-state index contributed by atoms with van der Waals surface area (Å²) in [6.45, 7) is 15.1. The number of rotatable bonds is 2. The van der Waals surface area contributed by atoms with Crippen LogP contribution in [0.4, 0.5) is 0 Å². The van der Waals surface area contributed by atoms with Crippen LogP contribution in [0.15, 0.2) is 6.20 Å². The number of fused-ring (bicyclic) bond motifs is 2. The lowest BCUT2D eigenvalue weighted by Gasteiger charge is -2.41. The third-order valence-electron chi connectivity index (χ3n) is 5.15. The monoisotopic (exact) mass is 452 g/mol. The van der Waals surface area contributed by atoms with Crippen LogP contribution in [0.2, 0.25) is 0 Å². The van der Waals surface area contributed by atoms with Crippen molar-refractivity contribution in [2.24, 2.45) is 0 Å². The Morgan fingerprint density at radius 2 is 1.75 bits per heavy atom. The number of carbonyl (C=O) groups excluding carboxylic acids is 3. The van der Waals surface area contributed by atoms with Gasteiger partial charge in [0.05, 0.1) is 25.0 Å². The van der Waals surface area contributed by atoms with Gasteiger partial charge in [0.25, 0.3) is 0 Å². The molecule has 3 aliphatic rings. The molecule has 4 rings (SSSR count). The molecule has 0 bridgehead atoms. The molecule has 32 heavy (non-hydrogen) atoms. The smallest absolute Gasteiger partial charge is 0.374 e. The van der Waals surface area contributed by atoms with E-state index in [2.05, 4.69) is 27.1 Å². The molecule has 0 radical (unpaired) electrons. The summed E-state index contributed by atoms with van der Waals surface area (Å²) in [7, 11) is 4.02. The van der Waals surface area contributed by atoms with Crippen LogP contribution in [-0.2, 0) is 27.4 Å². The first-order chi connectivity index (χ1) is 15.4. The first kappa shape index (κ1) is 27.6. The van der Waals surface area contributed by atoms with Crippen LogP contribution >= 0.6 is 0 Å². The molecule has 10 nitrogen and oxygen atoms in total. The number of aromatic nitrogens is 2. The number of carbonyl (C=O) groups is 3. The quantitative estimate of drug-likeness (QED) is 0.663. The van der Waals surface area contributed by atoms with Crippen molar-refractivity contribution in [3.63, 3.8) is 0 Å². The Hall–Kier alpha value is -2.46. The van der Waals surface area contributed by atoms with Crippen LogP contribution in [0.3, 0.4) is 0 Å². The fourth-order valence-corrected chi connectivity index (χ4v) is 3.60. The highest BCUT2D eigenvalue weighted by Crippen LogP contribution is 2.14. The number of piperazine rings is 2. The molecule has 2 fully saturated rings. The molecule has 10 heteroatoms. The van der Waals surface area contributed by atoms with Crippen LogP contribution < -0.4 is 5.32 Å². The number of nitrogens with one attached hydrogen (secondary N) is 1. The van der Waals surface area contributed by atoms with Gasteiger partial charge in [-0.05, 0) is 21.0 Å². The molecule has 0 saturated carbocycles. The van der Waals surface area contributed by atoms with Gasteiger partial charge in [0.2, 0.25) is 17.6 Å². The predicted octanol–water partition coefficient (Wildman–Crippen LogP) is 0.816. The van der Waals surface area contributed by atoms with E-state index in [-0.39, 0.29) is 30.4 Å². The van der Waals surface area contributed by atoms with E-state index >= 15 is 0 Å². The third kappa shape index (κ3) is 7.03. The summed E-state index contributed by atoms with van der Waals surface area (Å²) < 4.78 is 6.89. The number of esters is 1. The minimum Gasteiger partial charge on any atom is -0.460 e. The van der Waals surface area contributed by atoms with E-state index in [4.69, 9.17) is 4.74 Å². The lowest BCUT2D eigenvalue weighted by molar-refractivity contribution is -0.148. The summed E-state index contributed by atoms with van der Waals surface area (Å²) in [5.74, 6) is 0.122. The Bertz CT molecular complexity index is 751. The lowest BCUT2D eigenvalue weighted by atomic mass is 10.1. The van der Waals surface area contributed by atoms with Gasteiger partial charge in [-0.2, -0.15) is 0 Å². The Morgan fingerprint density at radius 1 is 1.09 bits per heavy atom. The van der Waals surface area contributed by atoms with E-state index in [0.29, 0.717) is 25.5 Å². The van der Waals surface area contributed by atoms with Crippen LogP contribution in [0, 0.1) is 0 Å². The predicted molar refractivity (Wildman–Crippen MR) is 123 cm³/mol. The lowest BCUT2D eigenvalue weighted by Crippen LogP contribution is -2.65. The molecule has 0 aliphatic carbocycles. The number of ether oxygens (including phenoxy) is 1. The molecule has 2 amide bonds. The molecule has 0 aromatic carbocycles. The van der Waals surface area contributed by atoms with E-state index in [1.54, 1.807) is 18.0 Å². The summed E-state index contributed by atoms with van der Waals surface area (Å²) in [6, 6.07) is -0.264. The second-order valence-electron chi connectivity index (χ2n) is 7.27. The number of imidazole rings is 1. The largest absolute Gasteiger partial charge is 0.460 e. The average molecular weight is 453 g/mol. The van der Waals surface area contributed by atoms with Crippen molar-refractivity contribution in [1.82, 2.24) is 29.6 Å². The van der Waals surface area contributed by atoms with Crippen molar-refractivity contribution >= 4 is 17.8 Å². The van der Waals surface area contributed by atoms with Gasteiger partial charge in [0.1, 0.15) is 6.04 Å². The summed E-state index contributed by atoms with van der Waals surface area (Å²) in [6.07, 6.45) is 1.75. The van der Waals surface area contributed by atoms with Gasteiger partial charge in [-0.15, -0.1) is 0 Å².